The fourth-order valence-electron chi connectivity index (χ4n) is 1.16. The van der Waals surface area contributed by atoms with Crippen LogP contribution in [-0.4, -0.2) is 22.7 Å². The predicted octanol–water partition coefficient (Wildman–Crippen LogP) is 0.470. The largest absolute Gasteiger partial charge is 0.383 e. The minimum atomic E-state index is 0.384. The summed E-state index contributed by atoms with van der Waals surface area (Å²) >= 11 is 0. The van der Waals surface area contributed by atoms with Gasteiger partial charge in [0.2, 0.25) is 0 Å². The van der Waals surface area contributed by atoms with Crippen LogP contribution in [0.15, 0.2) is 11.3 Å². The van der Waals surface area contributed by atoms with Crippen molar-refractivity contribution in [3.05, 3.63) is 11.9 Å². The average molecular weight is 179 g/mol. The summed E-state index contributed by atoms with van der Waals surface area (Å²) in [6.07, 6.45) is 2.11. The lowest BCUT2D eigenvalue weighted by atomic mass is 10.1. The van der Waals surface area contributed by atoms with Crippen molar-refractivity contribution in [1.82, 2.24) is 9.97 Å². The Labute approximate surface area is 76.9 Å². The SMILES string of the molecule is CCC(=NC)c1c(N)ncnc1N. The van der Waals surface area contributed by atoms with E-state index in [9.17, 15) is 0 Å². The standard InChI is InChI=1S/C8H13N5/c1-3-5(11-2)6-7(9)12-4-13-8(6)10/h4H,3H2,1-2H3,(H4,9,10,12,13). The van der Waals surface area contributed by atoms with Crippen LogP contribution in [0, 0.1) is 0 Å². The Morgan fingerprint density at radius 1 is 1.38 bits per heavy atom. The summed E-state index contributed by atoms with van der Waals surface area (Å²) in [6.45, 7) is 1.98. The first kappa shape index (κ1) is 9.44. The number of aliphatic imine (C=N–C) groups is 1. The molecule has 0 fully saturated rings. The monoisotopic (exact) mass is 179 g/mol. The highest BCUT2D eigenvalue weighted by atomic mass is 15.0. The van der Waals surface area contributed by atoms with E-state index in [0.717, 1.165) is 12.1 Å². The molecule has 1 heterocycles. The molecule has 0 aliphatic rings. The van der Waals surface area contributed by atoms with Crippen molar-refractivity contribution < 1.29 is 0 Å². The maximum Gasteiger partial charge on any atom is 0.138 e. The van der Waals surface area contributed by atoms with Gasteiger partial charge in [-0.05, 0) is 6.42 Å². The molecule has 0 aliphatic carbocycles. The Kier molecular flexibility index (Phi) is 2.79. The maximum absolute atomic E-state index is 5.66. The van der Waals surface area contributed by atoms with Crippen molar-refractivity contribution in [3.8, 4) is 0 Å². The highest BCUT2D eigenvalue weighted by molar-refractivity contribution is 6.07. The van der Waals surface area contributed by atoms with Gasteiger partial charge in [0, 0.05) is 12.8 Å². The molecule has 0 bridgehead atoms. The Bertz CT molecular complexity index is 311. The van der Waals surface area contributed by atoms with Gasteiger partial charge in [0.25, 0.3) is 0 Å². The molecule has 70 valence electrons. The second-order valence-electron chi connectivity index (χ2n) is 2.54. The highest BCUT2D eigenvalue weighted by Crippen LogP contribution is 2.16. The minimum absolute atomic E-state index is 0.384. The first-order valence-electron chi connectivity index (χ1n) is 4.02. The van der Waals surface area contributed by atoms with Gasteiger partial charge >= 0.3 is 0 Å². The Hall–Kier alpha value is -1.65. The van der Waals surface area contributed by atoms with Crippen LogP contribution in [0.4, 0.5) is 11.6 Å². The molecule has 5 nitrogen and oxygen atoms in total. The fraction of sp³-hybridized carbons (Fsp3) is 0.375. The maximum atomic E-state index is 5.66. The van der Waals surface area contributed by atoms with E-state index in [4.69, 9.17) is 11.5 Å². The van der Waals surface area contributed by atoms with Gasteiger partial charge in [-0.25, -0.2) is 9.97 Å². The Morgan fingerprint density at radius 3 is 2.31 bits per heavy atom. The third kappa shape index (κ3) is 1.74. The van der Waals surface area contributed by atoms with Crippen LogP contribution in [0.3, 0.4) is 0 Å². The summed E-state index contributed by atoms with van der Waals surface area (Å²) in [5.41, 5.74) is 12.8. The van der Waals surface area contributed by atoms with Crippen LogP contribution in [0.5, 0.6) is 0 Å². The lowest BCUT2D eigenvalue weighted by Gasteiger charge is -2.07. The molecule has 1 aromatic rings. The normalized spacial score (nSPS) is 11.7. The van der Waals surface area contributed by atoms with Gasteiger partial charge in [-0.2, -0.15) is 0 Å². The van der Waals surface area contributed by atoms with Gasteiger partial charge in [0.05, 0.1) is 5.56 Å². The number of nitrogens with two attached hydrogens (primary N) is 2. The molecule has 0 atom stereocenters. The highest BCUT2D eigenvalue weighted by Gasteiger charge is 2.10. The molecule has 0 aliphatic heterocycles. The van der Waals surface area contributed by atoms with Crippen LogP contribution >= 0.6 is 0 Å². The minimum Gasteiger partial charge on any atom is -0.383 e. The van der Waals surface area contributed by atoms with Crippen LogP contribution in [0.2, 0.25) is 0 Å². The van der Waals surface area contributed by atoms with Gasteiger partial charge < -0.3 is 11.5 Å². The summed E-state index contributed by atoms with van der Waals surface area (Å²) < 4.78 is 0. The Morgan fingerprint density at radius 2 is 1.92 bits per heavy atom. The zero-order valence-electron chi connectivity index (χ0n) is 7.78. The van der Waals surface area contributed by atoms with E-state index < -0.39 is 0 Å². The second kappa shape index (κ2) is 3.84. The van der Waals surface area contributed by atoms with Crippen molar-refractivity contribution in [3.63, 3.8) is 0 Å². The number of anilines is 2. The molecule has 4 N–H and O–H groups in total. The number of nitrogen functional groups attached to an aromatic ring is 2. The predicted molar refractivity (Wildman–Crippen MR) is 53.6 cm³/mol. The van der Waals surface area contributed by atoms with E-state index in [1.54, 1.807) is 7.05 Å². The van der Waals surface area contributed by atoms with Crippen molar-refractivity contribution in [2.24, 2.45) is 4.99 Å². The number of rotatable bonds is 2. The van der Waals surface area contributed by atoms with Crippen molar-refractivity contribution in [2.75, 3.05) is 18.5 Å². The number of hydrogen-bond donors (Lipinski definition) is 2. The van der Waals surface area contributed by atoms with Crippen molar-refractivity contribution in [2.45, 2.75) is 13.3 Å². The lowest BCUT2D eigenvalue weighted by molar-refractivity contribution is 1.16. The molecule has 1 aromatic heterocycles. The fourth-order valence-corrected chi connectivity index (χ4v) is 1.16. The van der Waals surface area contributed by atoms with Crippen LogP contribution < -0.4 is 11.5 Å². The third-order valence-corrected chi connectivity index (χ3v) is 1.80. The third-order valence-electron chi connectivity index (χ3n) is 1.80. The Balaban J connectivity index is 3.27. The first-order valence-corrected chi connectivity index (χ1v) is 4.02. The molecular formula is C8H13N5. The molecule has 0 spiro atoms. The van der Waals surface area contributed by atoms with E-state index in [1.807, 2.05) is 6.92 Å². The smallest absolute Gasteiger partial charge is 0.138 e. The molecule has 0 saturated carbocycles. The van der Waals surface area contributed by atoms with Gasteiger partial charge in [0.15, 0.2) is 0 Å². The van der Waals surface area contributed by atoms with Crippen LogP contribution in [-0.2, 0) is 0 Å². The molecule has 0 aromatic carbocycles. The zero-order chi connectivity index (χ0) is 9.84. The molecule has 5 heteroatoms. The quantitative estimate of drug-likeness (QED) is 0.646. The van der Waals surface area contributed by atoms with E-state index in [2.05, 4.69) is 15.0 Å². The molecule has 13 heavy (non-hydrogen) atoms. The average Bonchev–Trinajstić information content (AvgIpc) is 2.11. The van der Waals surface area contributed by atoms with Gasteiger partial charge in [0.1, 0.15) is 18.0 Å². The molecule has 0 radical (unpaired) electrons. The lowest BCUT2D eigenvalue weighted by Crippen LogP contribution is -2.10. The summed E-state index contributed by atoms with van der Waals surface area (Å²) in [5, 5.41) is 0. The summed E-state index contributed by atoms with van der Waals surface area (Å²) in [7, 11) is 1.70. The first-order chi connectivity index (χ1) is 6.20. The van der Waals surface area contributed by atoms with Gasteiger partial charge in [-0.3, -0.25) is 4.99 Å². The summed E-state index contributed by atoms with van der Waals surface area (Å²) in [6, 6.07) is 0. The topological polar surface area (TPSA) is 90.2 Å². The molecule has 0 amide bonds. The van der Waals surface area contributed by atoms with Gasteiger partial charge in [-0.15, -0.1) is 0 Å². The zero-order valence-corrected chi connectivity index (χ0v) is 7.78. The second-order valence-corrected chi connectivity index (χ2v) is 2.54. The number of nitrogens with zero attached hydrogens (tertiary/aromatic N) is 3. The van der Waals surface area contributed by atoms with E-state index in [1.165, 1.54) is 6.33 Å². The summed E-state index contributed by atoms with van der Waals surface area (Å²) in [4.78, 5) is 11.8. The van der Waals surface area contributed by atoms with Crippen molar-refractivity contribution >= 4 is 17.3 Å². The summed E-state index contributed by atoms with van der Waals surface area (Å²) in [5.74, 6) is 0.768. The molecule has 0 unspecified atom stereocenters. The molecular weight excluding hydrogens is 166 g/mol. The van der Waals surface area contributed by atoms with E-state index in [-0.39, 0.29) is 0 Å². The van der Waals surface area contributed by atoms with E-state index >= 15 is 0 Å². The van der Waals surface area contributed by atoms with Gasteiger partial charge in [-0.1, -0.05) is 6.92 Å². The van der Waals surface area contributed by atoms with E-state index in [0.29, 0.717) is 17.2 Å². The van der Waals surface area contributed by atoms with Crippen LogP contribution in [0.1, 0.15) is 18.9 Å². The van der Waals surface area contributed by atoms with Crippen LogP contribution in [0.25, 0.3) is 0 Å². The van der Waals surface area contributed by atoms with Crippen molar-refractivity contribution in [1.29, 1.82) is 0 Å². The molecule has 1 rings (SSSR count). The number of aromatic nitrogens is 2. The number of hydrogen-bond acceptors (Lipinski definition) is 5. The molecule has 0 saturated heterocycles.